The zero-order chi connectivity index (χ0) is 33.8. The van der Waals surface area contributed by atoms with E-state index in [1.807, 2.05) is 6.92 Å². The first-order valence-corrected chi connectivity index (χ1v) is 17.0. The molecular formula is C34H31Br2FN2O7S. The number of hydrogen-bond acceptors (Lipinski definition) is 9. The molecule has 0 saturated heterocycles. The first-order chi connectivity index (χ1) is 22.6. The smallest absolute Gasteiger partial charge is 0.338 e. The van der Waals surface area contributed by atoms with Gasteiger partial charge in [0.05, 0.1) is 53.8 Å². The van der Waals surface area contributed by atoms with Crippen LogP contribution < -0.4 is 33.8 Å². The van der Waals surface area contributed by atoms with Crippen molar-refractivity contribution >= 4 is 55.2 Å². The Morgan fingerprint density at radius 2 is 1.74 bits per heavy atom. The highest BCUT2D eigenvalue weighted by molar-refractivity contribution is 9.10. The van der Waals surface area contributed by atoms with E-state index in [9.17, 15) is 14.0 Å². The van der Waals surface area contributed by atoms with Gasteiger partial charge in [0.25, 0.3) is 5.56 Å². The maximum Gasteiger partial charge on any atom is 0.338 e. The summed E-state index contributed by atoms with van der Waals surface area (Å²) in [6.07, 6.45) is 1.71. The van der Waals surface area contributed by atoms with E-state index in [2.05, 4.69) is 36.9 Å². The molecule has 3 aromatic carbocycles. The number of nitrogens with zero attached hydrogens (tertiary/aromatic N) is 2. The Balaban J connectivity index is 1.63. The van der Waals surface area contributed by atoms with Crippen LogP contribution in [0.1, 0.15) is 43.5 Å². The number of thiazole rings is 1. The molecule has 1 aliphatic heterocycles. The average molecular weight is 791 g/mol. The fourth-order valence-electron chi connectivity index (χ4n) is 5.15. The molecule has 1 aromatic heterocycles. The number of esters is 1. The molecule has 47 heavy (non-hydrogen) atoms. The van der Waals surface area contributed by atoms with Crippen molar-refractivity contribution in [1.29, 1.82) is 0 Å². The molecule has 1 atom stereocenters. The highest BCUT2D eigenvalue weighted by atomic mass is 79.9. The topological polar surface area (TPSA) is 97.6 Å². The number of carbonyl (C=O) groups is 1. The third-order valence-corrected chi connectivity index (χ3v) is 9.53. The molecule has 5 rings (SSSR count). The SMILES string of the molecule is CCOC(=O)C1=C(C)N=c2s/c(=C/c3cc(Br)c(OCc4ccccc4F)c(OC)c3)c(=O)n2[C@@H]1c1cc(OC)c(OCC)cc1Br. The van der Waals surface area contributed by atoms with E-state index in [4.69, 9.17) is 23.7 Å². The van der Waals surface area contributed by atoms with E-state index in [0.29, 0.717) is 70.3 Å². The Labute approximate surface area is 291 Å². The molecule has 0 amide bonds. The Hall–Kier alpha value is -3.94. The number of ether oxygens (including phenoxy) is 5. The second-order valence-electron chi connectivity index (χ2n) is 10.2. The molecule has 0 radical (unpaired) electrons. The molecule has 0 bridgehead atoms. The van der Waals surface area contributed by atoms with Gasteiger partial charge in [-0.25, -0.2) is 14.2 Å². The summed E-state index contributed by atoms with van der Waals surface area (Å²) in [7, 11) is 3.02. The number of benzene rings is 3. The number of fused-ring (bicyclic) bond motifs is 1. The van der Waals surface area contributed by atoms with Gasteiger partial charge in [-0.1, -0.05) is 45.5 Å². The molecular weight excluding hydrogens is 759 g/mol. The lowest BCUT2D eigenvalue weighted by Gasteiger charge is -2.26. The monoisotopic (exact) mass is 788 g/mol. The molecule has 0 aliphatic carbocycles. The van der Waals surface area contributed by atoms with E-state index in [1.54, 1.807) is 62.4 Å². The van der Waals surface area contributed by atoms with Crippen molar-refractivity contribution in [2.24, 2.45) is 4.99 Å². The first kappa shape index (κ1) is 34.4. The van der Waals surface area contributed by atoms with E-state index in [-0.39, 0.29) is 30.2 Å². The normalized spacial score (nSPS) is 14.4. The second-order valence-corrected chi connectivity index (χ2v) is 12.9. The predicted octanol–water partition coefficient (Wildman–Crippen LogP) is 6.46. The molecule has 4 aromatic rings. The lowest BCUT2D eigenvalue weighted by molar-refractivity contribution is -0.139. The van der Waals surface area contributed by atoms with Gasteiger partial charge in [-0.3, -0.25) is 9.36 Å². The number of halogens is 3. The molecule has 0 N–H and O–H groups in total. The van der Waals surface area contributed by atoms with Gasteiger partial charge in [0.1, 0.15) is 12.4 Å². The molecule has 2 heterocycles. The predicted molar refractivity (Wildman–Crippen MR) is 184 cm³/mol. The summed E-state index contributed by atoms with van der Waals surface area (Å²) in [5, 5.41) is 0. The van der Waals surface area contributed by atoms with Crippen molar-refractivity contribution in [1.82, 2.24) is 4.57 Å². The molecule has 1 aliphatic rings. The summed E-state index contributed by atoms with van der Waals surface area (Å²) in [5.41, 5.74) is 1.94. The number of hydrogen-bond donors (Lipinski definition) is 0. The zero-order valence-corrected chi connectivity index (χ0v) is 30.2. The second kappa shape index (κ2) is 14.9. The molecule has 0 fully saturated rings. The zero-order valence-electron chi connectivity index (χ0n) is 26.2. The summed E-state index contributed by atoms with van der Waals surface area (Å²) in [6, 6.07) is 12.5. The number of aromatic nitrogens is 1. The first-order valence-electron chi connectivity index (χ1n) is 14.5. The maximum atomic E-state index is 14.2. The van der Waals surface area contributed by atoms with E-state index >= 15 is 0 Å². The largest absolute Gasteiger partial charge is 0.493 e. The molecule has 246 valence electrons. The summed E-state index contributed by atoms with van der Waals surface area (Å²) >= 11 is 8.37. The molecule has 9 nitrogen and oxygen atoms in total. The Morgan fingerprint density at radius 1 is 1.00 bits per heavy atom. The minimum absolute atomic E-state index is 0.00633. The average Bonchev–Trinajstić information content (AvgIpc) is 3.34. The quantitative estimate of drug-likeness (QED) is 0.161. The molecule has 13 heteroatoms. The minimum atomic E-state index is -0.873. The van der Waals surface area contributed by atoms with Crippen molar-refractivity contribution in [2.75, 3.05) is 27.4 Å². The van der Waals surface area contributed by atoms with Crippen LogP contribution >= 0.6 is 43.2 Å². The number of methoxy groups -OCH3 is 2. The van der Waals surface area contributed by atoms with Crippen LogP contribution in [0.25, 0.3) is 6.08 Å². The lowest BCUT2D eigenvalue weighted by atomic mass is 9.95. The third kappa shape index (κ3) is 7.02. The highest BCUT2D eigenvalue weighted by Crippen LogP contribution is 2.41. The van der Waals surface area contributed by atoms with Crippen LogP contribution in [-0.4, -0.2) is 38.0 Å². The number of carbonyl (C=O) groups excluding carboxylic acids is 1. The molecule has 0 spiro atoms. The van der Waals surface area contributed by atoms with Gasteiger partial charge in [-0.05, 0) is 84.2 Å². The van der Waals surface area contributed by atoms with Crippen LogP contribution in [0.2, 0.25) is 0 Å². The van der Waals surface area contributed by atoms with Gasteiger partial charge in [0, 0.05) is 10.0 Å². The van der Waals surface area contributed by atoms with Crippen LogP contribution in [0.4, 0.5) is 4.39 Å². The standard InChI is InChI=1S/C34H31Br2FN2O7S/c1-6-44-26-16-22(35)21(15-25(26)42-4)30-29(33(41)45-7-2)18(3)38-34-39(30)32(40)28(47-34)14-19-12-23(36)31(27(13-19)43-5)46-17-20-10-8-9-11-24(20)37/h8-16,30H,6-7,17H2,1-5H3/b28-14+/t30-/m1/s1. The van der Waals surface area contributed by atoms with Gasteiger partial charge in [-0.2, -0.15) is 0 Å². The van der Waals surface area contributed by atoms with Crippen molar-refractivity contribution < 1.29 is 32.9 Å². The number of rotatable bonds is 11. The summed E-state index contributed by atoms with van der Waals surface area (Å²) < 4.78 is 45.5. The van der Waals surface area contributed by atoms with Crippen LogP contribution in [0.15, 0.2) is 78.5 Å². The van der Waals surface area contributed by atoms with Gasteiger partial charge in [0.2, 0.25) is 0 Å². The minimum Gasteiger partial charge on any atom is -0.493 e. The molecule has 0 unspecified atom stereocenters. The van der Waals surface area contributed by atoms with Crippen LogP contribution in [0.3, 0.4) is 0 Å². The lowest BCUT2D eigenvalue weighted by Crippen LogP contribution is -2.40. The Morgan fingerprint density at radius 3 is 2.43 bits per heavy atom. The van der Waals surface area contributed by atoms with E-state index in [0.717, 1.165) is 0 Å². The van der Waals surface area contributed by atoms with Crippen molar-refractivity contribution in [3.8, 4) is 23.0 Å². The highest BCUT2D eigenvalue weighted by Gasteiger charge is 2.35. The fourth-order valence-corrected chi connectivity index (χ4v) is 7.31. The van der Waals surface area contributed by atoms with Gasteiger partial charge in [-0.15, -0.1) is 0 Å². The third-order valence-electron chi connectivity index (χ3n) is 7.27. The van der Waals surface area contributed by atoms with Gasteiger partial charge < -0.3 is 23.7 Å². The fraction of sp³-hybridized carbons (Fsp3) is 0.265. The van der Waals surface area contributed by atoms with Gasteiger partial charge in [0.15, 0.2) is 27.8 Å². The van der Waals surface area contributed by atoms with Crippen molar-refractivity contribution in [3.05, 3.63) is 111 Å². The van der Waals surface area contributed by atoms with Crippen LogP contribution in [0, 0.1) is 5.82 Å². The Kier molecular flexibility index (Phi) is 10.9. The summed E-state index contributed by atoms with van der Waals surface area (Å²) in [6.45, 7) is 5.87. The number of allylic oxidation sites excluding steroid dienone is 1. The van der Waals surface area contributed by atoms with E-state index < -0.39 is 12.0 Å². The van der Waals surface area contributed by atoms with Crippen molar-refractivity contribution in [2.45, 2.75) is 33.4 Å². The van der Waals surface area contributed by atoms with Crippen LogP contribution in [-0.2, 0) is 16.1 Å². The van der Waals surface area contributed by atoms with Crippen molar-refractivity contribution in [3.63, 3.8) is 0 Å². The van der Waals surface area contributed by atoms with Crippen LogP contribution in [0.5, 0.6) is 23.0 Å². The van der Waals surface area contributed by atoms with Gasteiger partial charge >= 0.3 is 5.97 Å². The Bertz CT molecular complexity index is 2060. The molecule has 0 saturated carbocycles. The summed E-state index contributed by atoms with van der Waals surface area (Å²) in [4.78, 5) is 32.6. The maximum absolute atomic E-state index is 14.2. The van der Waals surface area contributed by atoms with E-state index in [1.165, 1.54) is 36.2 Å². The summed E-state index contributed by atoms with van der Waals surface area (Å²) in [5.74, 6) is 0.783.